The van der Waals surface area contributed by atoms with Gasteiger partial charge in [0, 0.05) is 11.3 Å². The van der Waals surface area contributed by atoms with Gasteiger partial charge in [-0.15, -0.1) is 10.2 Å². The molecule has 3 aromatic carbocycles. The minimum atomic E-state index is -0.0952. The Kier molecular flexibility index (Phi) is 7.60. The Morgan fingerprint density at radius 2 is 1.67 bits per heavy atom. The molecule has 7 nitrogen and oxygen atoms in total. The average molecular weight is 461 g/mol. The van der Waals surface area contributed by atoms with Gasteiger partial charge in [-0.1, -0.05) is 60.3 Å². The summed E-state index contributed by atoms with van der Waals surface area (Å²) < 4.78 is 12.9. The molecule has 1 heterocycles. The minimum absolute atomic E-state index is 0.0952. The third kappa shape index (κ3) is 5.93. The van der Waals surface area contributed by atoms with Crippen LogP contribution in [0.4, 0.5) is 0 Å². The number of rotatable bonds is 10. The Hall–Kier alpha value is -3.78. The van der Waals surface area contributed by atoms with Crippen LogP contribution in [0.2, 0.25) is 0 Å². The maximum Gasteiger partial charge on any atom is 0.230 e. The van der Waals surface area contributed by atoms with Crippen LogP contribution in [0.5, 0.6) is 11.5 Å². The summed E-state index contributed by atoms with van der Waals surface area (Å²) >= 11 is 1.34. The molecule has 1 N–H and O–H groups in total. The summed E-state index contributed by atoms with van der Waals surface area (Å²) in [5, 5.41) is 12.3. The second-order valence-electron chi connectivity index (χ2n) is 7.01. The van der Waals surface area contributed by atoms with E-state index in [1.807, 2.05) is 89.5 Å². The van der Waals surface area contributed by atoms with Gasteiger partial charge in [-0.05, 0) is 36.4 Å². The van der Waals surface area contributed by atoms with Crippen molar-refractivity contribution >= 4 is 17.7 Å². The van der Waals surface area contributed by atoms with Crippen molar-refractivity contribution in [3.8, 4) is 28.6 Å². The van der Waals surface area contributed by atoms with Gasteiger partial charge < -0.3 is 14.8 Å². The molecule has 1 aromatic heterocycles. The summed E-state index contributed by atoms with van der Waals surface area (Å²) in [7, 11) is 1.63. The molecule has 33 heavy (non-hydrogen) atoms. The quantitative estimate of drug-likeness (QED) is 0.282. The predicted molar refractivity (Wildman–Crippen MR) is 129 cm³/mol. The Balaban J connectivity index is 1.43. The highest BCUT2D eigenvalue weighted by Crippen LogP contribution is 2.29. The first-order valence-electron chi connectivity index (χ1n) is 10.5. The van der Waals surface area contributed by atoms with Gasteiger partial charge in [0.25, 0.3) is 0 Å². The second kappa shape index (κ2) is 11.2. The molecule has 1 amide bonds. The number of carbonyl (C=O) groups excluding carboxylic acids is 1. The van der Waals surface area contributed by atoms with Crippen molar-refractivity contribution in [3.05, 3.63) is 84.9 Å². The lowest BCUT2D eigenvalue weighted by molar-refractivity contribution is -0.118. The number of nitrogens with one attached hydrogen (secondary N) is 1. The van der Waals surface area contributed by atoms with Crippen LogP contribution in [0.15, 0.2) is 90.1 Å². The molecule has 0 saturated carbocycles. The minimum Gasteiger partial charge on any atom is -0.497 e. The molecule has 0 saturated heterocycles. The number of ether oxygens (including phenoxy) is 2. The topological polar surface area (TPSA) is 78.3 Å². The summed E-state index contributed by atoms with van der Waals surface area (Å²) in [5.74, 6) is 2.32. The van der Waals surface area contributed by atoms with Crippen LogP contribution in [0, 0.1) is 0 Å². The summed E-state index contributed by atoms with van der Waals surface area (Å²) in [6, 6.07) is 27.0. The number of hydrogen-bond donors (Lipinski definition) is 1. The van der Waals surface area contributed by atoms with Crippen molar-refractivity contribution < 1.29 is 14.3 Å². The third-order valence-electron chi connectivity index (χ3n) is 4.74. The third-order valence-corrected chi connectivity index (χ3v) is 5.67. The molecule has 0 aliphatic carbocycles. The number of amides is 1. The summed E-state index contributed by atoms with van der Waals surface area (Å²) in [5.41, 5.74) is 1.79. The number of hydrogen-bond acceptors (Lipinski definition) is 6. The van der Waals surface area contributed by atoms with Gasteiger partial charge >= 0.3 is 0 Å². The van der Waals surface area contributed by atoms with Gasteiger partial charge in [0.05, 0.1) is 19.4 Å². The van der Waals surface area contributed by atoms with E-state index in [1.54, 1.807) is 7.11 Å². The molecule has 0 radical (unpaired) electrons. The lowest BCUT2D eigenvalue weighted by atomic mass is 10.2. The highest BCUT2D eigenvalue weighted by atomic mass is 32.2. The first-order chi connectivity index (χ1) is 16.2. The van der Waals surface area contributed by atoms with Gasteiger partial charge in [-0.2, -0.15) is 0 Å². The van der Waals surface area contributed by atoms with Crippen LogP contribution >= 0.6 is 11.8 Å². The first-order valence-corrected chi connectivity index (χ1v) is 11.5. The van der Waals surface area contributed by atoms with E-state index in [9.17, 15) is 4.79 Å². The fourth-order valence-corrected chi connectivity index (χ4v) is 3.96. The van der Waals surface area contributed by atoms with Crippen LogP contribution in [0.1, 0.15) is 0 Å². The number of methoxy groups -OCH3 is 1. The molecule has 0 atom stereocenters. The standard InChI is InChI=1S/C25H24N4O3S/c1-31-22-14-8-9-19(17-22)24-27-28-25(29(24)20-10-4-2-5-11-20)33-18-23(30)26-15-16-32-21-12-6-3-7-13-21/h2-14,17H,15-16,18H2,1H3,(H,26,30). The first kappa shape index (κ1) is 22.4. The number of aromatic nitrogens is 3. The Bertz CT molecular complexity index is 1180. The van der Waals surface area contributed by atoms with Gasteiger partial charge in [-0.25, -0.2) is 0 Å². The van der Waals surface area contributed by atoms with E-state index in [0.29, 0.717) is 24.1 Å². The molecule has 0 unspecified atom stereocenters. The molecule has 0 fully saturated rings. The molecular weight excluding hydrogens is 436 g/mol. The lowest BCUT2D eigenvalue weighted by Crippen LogP contribution is -2.29. The largest absolute Gasteiger partial charge is 0.497 e. The van der Waals surface area contributed by atoms with E-state index in [0.717, 1.165) is 22.7 Å². The van der Waals surface area contributed by atoms with Gasteiger partial charge in [0.2, 0.25) is 5.91 Å². The predicted octanol–water partition coefficient (Wildman–Crippen LogP) is 4.23. The summed E-state index contributed by atoms with van der Waals surface area (Å²) in [6.07, 6.45) is 0. The Labute approximate surface area is 196 Å². The lowest BCUT2D eigenvalue weighted by Gasteiger charge is -2.11. The fourth-order valence-electron chi connectivity index (χ4n) is 3.18. The number of benzene rings is 3. The van der Waals surface area contributed by atoms with Crippen molar-refractivity contribution in [2.75, 3.05) is 26.0 Å². The van der Waals surface area contributed by atoms with Gasteiger partial charge in [0.1, 0.15) is 18.1 Å². The zero-order chi connectivity index (χ0) is 22.9. The van der Waals surface area contributed by atoms with Crippen molar-refractivity contribution in [3.63, 3.8) is 0 Å². The molecule has 8 heteroatoms. The van der Waals surface area contributed by atoms with Crippen LogP contribution in [-0.2, 0) is 4.79 Å². The smallest absolute Gasteiger partial charge is 0.230 e. The Morgan fingerprint density at radius 1 is 0.939 bits per heavy atom. The molecule has 4 aromatic rings. The van der Waals surface area contributed by atoms with E-state index in [2.05, 4.69) is 15.5 Å². The molecule has 0 bridgehead atoms. The monoisotopic (exact) mass is 460 g/mol. The van der Waals surface area contributed by atoms with Crippen LogP contribution in [-0.4, -0.2) is 46.7 Å². The zero-order valence-electron chi connectivity index (χ0n) is 18.2. The van der Waals surface area contributed by atoms with Crippen LogP contribution in [0.25, 0.3) is 17.1 Å². The second-order valence-corrected chi connectivity index (χ2v) is 7.95. The van der Waals surface area contributed by atoms with Crippen LogP contribution < -0.4 is 14.8 Å². The SMILES string of the molecule is COc1cccc(-c2nnc(SCC(=O)NCCOc3ccccc3)n2-c2ccccc2)c1. The van der Waals surface area contributed by atoms with Gasteiger partial charge in [-0.3, -0.25) is 9.36 Å². The molecule has 0 aliphatic rings. The van der Waals surface area contributed by atoms with Gasteiger partial charge in [0.15, 0.2) is 11.0 Å². The van der Waals surface area contributed by atoms with E-state index >= 15 is 0 Å². The Morgan fingerprint density at radius 3 is 2.42 bits per heavy atom. The van der Waals surface area contributed by atoms with E-state index in [4.69, 9.17) is 9.47 Å². The highest BCUT2D eigenvalue weighted by molar-refractivity contribution is 7.99. The molecule has 168 valence electrons. The van der Waals surface area contributed by atoms with E-state index < -0.39 is 0 Å². The summed E-state index contributed by atoms with van der Waals surface area (Å²) in [6.45, 7) is 0.829. The maximum absolute atomic E-state index is 12.4. The molecule has 0 aliphatic heterocycles. The van der Waals surface area contributed by atoms with Crippen molar-refractivity contribution in [1.82, 2.24) is 20.1 Å². The number of carbonyl (C=O) groups is 1. The molecule has 4 rings (SSSR count). The van der Waals surface area contributed by atoms with E-state index in [1.165, 1.54) is 11.8 Å². The van der Waals surface area contributed by atoms with Crippen molar-refractivity contribution in [1.29, 1.82) is 0 Å². The fraction of sp³-hybridized carbons (Fsp3) is 0.160. The van der Waals surface area contributed by atoms with Crippen LogP contribution in [0.3, 0.4) is 0 Å². The highest BCUT2D eigenvalue weighted by Gasteiger charge is 2.17. The zero-order valence-corrected chi connectivity index (χ0v) is 19.0. The molecule has 0 spiro atoms. The normalized spacial score (nSPS) is 10.6. The molecular formula is C25H24N4O3S. The van der Waals surface area contributed by atoms with Crippen molar-refractivity contribution in [2.45, 2.75) is 5.16 Å². The summed E-state index contributed by atoms with van der Waals surface area (Å²) in [4.78, 5) is 12.4. The number of nitrogens with zero attached hydrogens (tertiary/aromatic N) is 3. The van der Waals surface area contributed by atoms with Crippen molar-refractivity contribution in [2.24, 2.45) is 0 Å². The number of para-hydroxylation sites is 2. The maximum atomic E-state index is 12.4. The van der Waals surface area contributed by atoms with E-state index in [-0.39, 0.29) is 11.7 Å². The average Bonchev–Trinajstić information content (AvgIpc) is 3.30. The number of thioether (sulfide) groups is 1.